The lowest BCUT2D eigenvalue weighted by molar-refractivity contribution is -0.125. The maximum absolute atomic E-state index is 13.4. The van der Waals surface area contributed by atoms with E-state index in [9.17, 15) is 18.7 Å². The molecule has 8 heteroatoms. The highest BCUT2D eigenvalue weighted by Crippen LogP contribution is 2.11. The number of amides is 1. The van der Waals surface area contributed by atoms with Gasteiger partial charge in [0.25, 0.3) is 0 Å². The third-order valence-corrected chi connectivity index (χ3v) is 4.86. The van der Waals surface area contributed by atoms with Gasteiger partial charge in [-0.2, -0.15) is 0 Å². The van der Waals surface area contributed by atoms with E-state index in [2.05, 4.69) is 10.6 Å². The number of halogens is 2. The van der Waals surface area contributed by atoms with Crippen LogP contribution in [0.2, 0.25) is 0 Å². The molecule has 0 aliphatic rings. The Morgan fingerprint density at radius 2 is 1.72 bits per heavy atom. The molecule has 5 N–H and O–H groups in total. The van der Waals surface area contributed by atoms with Crippen LogP contribution in [-0.4, -0.2) is 48.9 Å². The number of ether oxygens (including phenoxy) is 1. The summed E-state index contributed by atoms with van der Waals surface area (Å²) in [5.74, 6) is -1.34. The Balaban J connectivity index is 1.90. The molecule has 0 saturated heterocycles. The molecule has 2 aromatic rings. The standard InChI is InChI=1S/C24H33F2N3O3/c1-16(2)12-29-24(31)22(15-32-14-17-6-4-3-5-7-17)28-13-23(30)21(27)10-18-8-19(25)11-20(26)9-18/h3-9,11,16,21-23,28,30H,10,12-15,27H2,1-2H3,(H,29,31)/t21-,22-,23-/m0/s1. The highest BCUT2D eigenvalue weighted by atomic mass is 19.1. The number of nitrogens with one attached hydrogen (secondary N) is 2. The maximum atomic E-state index is 13.4. The van der Waals surface area contributed by atoms with Crippen molar-refractivity contribution >= 4 is 5.91 Å². The zero-order valence-electron chi connectivity index (χ0n) is 18.6. The average molecular weight is 450 g/mol. The number of aliphatic hydroxyl groups excluding tert-OH is 1. The van der Waals surface area contributed by atoms with Crippen LogP contribution in [-0.2, 0) is 22.6 Å². The quantitative estimate of drug-likeness (QED) is 0.376. The van der Waals surface area contributed by atoms with E-state index in [1.165, 1.54) is 12.1 Å². The van der Waals surface area contributed by atoms with Gasteiger partial charge in [-0.1, -0.05) is 44.2 Å². The Hall–Kier alpha value is -2.39. The predicted octanol–water partition coefficient (Wildman–Crippen LogP) is 2.14. The molecular formula is C24H33F2N3O3. The molecule has 0 aliphatic heterocycles. The maximum Gasteiger partial charge on any atom is 0.239 e. The summed E-state index contributed by atoms with van der Waals surface area (Å²) >= 11 is 0. The van der Waals surface area contributed by atoms with Crippen LogP contribution in [0, 0.1) is 17.6 Å². The third kappa shape index (κ3) is 9.40. The number of benzene rings is 2. The van der Waals surface area contributed by atoms with Crippen LogP contribution in [0.15, 0.2) is 48.5 Å². The predicted molar refractivity (Wildman–Crippen MR) is 120 cm³/mol. The molecule has 0 bridgehead atoms. The first-order chi connectivity index (χ1) is 15.2. The van der Waals surface area contributed by atoms with Crippen molar-refractivity contribution in [3.63, 3.8) is 0 Å². The molecule has 0 fully saturated rings. The summed E-state index contributed by atoms with van der Waals surface area (Å²) in [6.07, 6.45) is -0.942. The van der Waals surface area contributed by atoms with Gasteiger partial charge in [-0.05, 0) is 35.6 Å². The fourth-order valence-electron chi connectivity index (χ4n) is 3.08. The van der Waals surface area contributed by atoms with Gasteiger partial charge in [0.05, 0.1) is 19.3 Å². The van der Waals surface area contributed by atoms with Crippen molar-refractivity contribution in [3.8, 4) is 0 Å². The van der Waals surface area contributed by atoms with E-state index in [0.717, 1.165) is 11.6 Å². The van der Waals surface area contributed by atoms with E-state index >= 15 is 0 Å². The van der Waals surface area contributed by atoms with Crippen molar-refractivity contribution in [2.45, 2.75) is 45.1 Å². The van der Waals surface area contributed by atoms with Gasteiger partial charge >= 0.3 is 0 Å². The van der Waals surface area contributed by atoms with Gasteiger partial charge in [0.2, 0.25) is 5.91 Å². The van der Waals surface area contributed by atoms with Crippen LogP contribution >= 0.6 is 0 Å². The summed E-state index contributed by atoms with van der Waals surface area (Å²) in [5, 5.41) is 16.3. The second-order valence-electron chi connectivity index (χ2n) is 8.31. The van der Waals surface area contributed by atoms with Crippen LogP contribution in [0.25, 0.3) is 0 Å². The lowest BCUT2D eigenvalue weighted by atomic mass is 10.0. The fraction of sp³-hybridized carbons (Fsp3) is 0.458. The van der Waals surface area contributed by atoms with E-state index in [4.69, 9.17) is 10.5 Å². The van der Waals surface area contributed by atoms with Gasteiger partial charge in [0.15, 0.2) is 0 Å². The van der Waals surface area contributed by atoms with Crippen molar-refractivity contribution in [1.82, 2.24) is 10.6 Å². The molecule has 2 rings (SSSR count). The summed E-state index contributed by atoms with van der Waals surface area (Å²) in [6, 6.07) is 11.3. The first-order valence-electron chi connectivity index (χ1n) is 10.8. The highest BCUT2D eigenvalue weighted by Gasteiger charge is 2.22. The molecule has 0 heterocycles. The van der Waals surface area contributed by atoms with E-state index in [1.807, 2.05) is 44.2 Å². The zero-order chi connectivity index (χ0) is 23.5. The Morgan fingerprint density at radius 1 is 1.06 bits per heavy atom. The smallest absolute Gasteiger partial charge is 0.239 e. The number of aliphatic hydroxyl groups is 1. The van der Waals surface area contributed by atoms with Crippen LogP contribution in [0.4, 0.5) is 8.78 Å². The molecule has 1 amide bonds. The van der Waals surface area contributed by atoms with E-state index in [-0.39, 0.29) is 31.4 Å². The Kier molecular flexibility index (Phi) is 10.7. The van der Waals surface area contributed by atoms with Gasteiger partial charge in [0.1, 0.15) is 17.7 Å². The largest absolute Gasteiger partial charge is 0.390 e. The highest BCUT2D eigenvalue weighted by molar-refractivity contribution is 5.81. The second-order valence-corrected chi connectivity index (χ2v) is 8.31. The third-order valence-electron chi connectivity index (χ3n) is 4.86. The zero-order valence-corrected chi connectivity index (χ0v) is 18.6. The summed E-state index contributed by atoms with van der Waals surface area (Å²) < 4.78 is 32.5. The van der Waals surface area contributed by atoms with Gasteiger partial charge < -0.3 is 26.2 Å². The molecule has 0 saturated carbocycles. The first-order valence-corrected chi connectivity index (χ1v) is 10.8. The summed E-state index contributed by atoms with van der Waals surface area (Å²) in [4.78, 5) is 12.6. The molecule has 0 unspecified atom stereocenters. The van der Waals surface area contributed by atoms with E-state index < -0.39 is 29.8 Å². The van der Waals surface area contributed by atoms with Gasteiger partial charge in [-0.3, -0.25) is 4.79 Å². The Labute approximate surface area is 188 Å². The number of carbonyl (C=O) groups is 1. The van der Waals surface area contributed by atoms with Gasteiger partial charge in [0, 0.05) is 25.2 Å². The number of hydrogen-bond acceptors (Lipinski definition) is 5. The second kappa shape index (κ2) is 13.2. The van der Waals surface area contributed by atoms with Crippen molar-refractivity contribution in [3.05, 3.63) is 71.3 Å². The average Bonchev–Trinajstić information content (AvgIpc) is 2.74. The molecule has 3 atom stereocenters. The molecule has 0 aromatic heterocycles. The summed E-state index contributed by atoms with van der Waals surface area (Å²) in [6.45, 7) is 4.98. The minimum Gasteiger partial charge on any atom is -0.390 e. The molecule has 0 spiro atoms. The molecule has 6 nitrogen and oxygen atoms in total. The molecular weight excluding hydrogens is 416 g/mol. The lowest BCUT2D eigenvalue weighted by Gasteiger charge is -2.24. The SMILES string of the molecule is CC(C)CNC(=O)[C@H](COCc1ccccc1)NC[C@H](O)[C@@H](N)Cc1cc(F)cc(F)c1. The van der Waals surface area contributed by atoms with Crippen molar-refractivity contribution in [2.75, 3.05) is 19.7 Å². The molecule has 176 valence electrons. The summed E-state index contributed by atoms with van der Waals surface area (Å²) in [5.41, 5.74) is 7.36. The van der Waals surface area contributed by atoms with Crippen LogP contribution < -0.4 is 16.4 Å². The van der Waals surface area contributed by atoms with Gasteiger partial charge in [-0.15, -0.1) is 0 Å². The van der Waals surface area contributed by atoms with Crippen LogP contribution in [0.1, 0.15) is 25.0 Å². The minimum atomic E-state index is -1.03. The Morgan fingerprint density at radius 3 is 2.34 bits per heavy atom. The topological polar surface area (TPSA) is 96.6 Å². The summed E-state index contributed by atoms with van der Waals surface area (Å²) in [7, 11) is 0. The molecule has 2 aromatic carbocycles. The first kappa shape index (κ1) is 25.9. The molecule has 0 aliphatic carbocycles. The normalized spacial score (nSPS) is 14.2. The number of nitrogens with two attached hydrogens (primary N) is 1. The number of carbonyl (C=O) groups excluding carboxylic acids is 1. The van der Waals surface area contributed by atoms with Crippen LogP contribution in [0.5, 0.6) is 0 Å². The lowest BCUT2D eigenvalue weighted by Crippen LogP contribution is -2.52. The minimum absolute atomic E-state index is 0.0213. The number of rotatable bonds is 13. The Bertz CT molecular complexity index is 816. The molecule has 0 radical (unpaired) electrons. The fourth-order valence-corrected chi connectivity index (χ4v) is 3.08. The van der Waals surface area contributed by atoms with E-state index in [0.29, 0.717) is 18.7 Å². The number of hydrogen-bond donors (Lipinski definition) is 4. The van der Waals surface area contributed by atoms with E-state index in [1.54, 1.807) is 0 Å². The van der Waals surface area contributed by atoms with Crippen molar-refractivity contribution < 1.29 is 23.4 Å². The van der Waals surface area contributed by atoms with Gasteiger partial charge in [-0.25, -0.2) is 8.78 Å². The van der Waals surface area contributed by atoms with Crippen molar-refractivity contribution in [1.29, 1.82) is 0 Å². The molecule has 32 heavy (non-hydrogen) atoms. The van der Waals surface area contributed by atoms with Crippen LogP contribution in [0.3, 0.4) is 0 Å². The monoisotopic (exact) mass is 449 g/mol. The van der Waals surface area contributed by atoms with Crippen molar-refractivity contribution in [2.24, 2.45) is 11.7 Å².